The fourth-order valence-electron chi connectivity index (χ4n) is 3.39. The van der Waals surface area contributed by atoms with Crippen molar-refractivity contribution < 1.29 is 18.4 Å². The second-order valence-corrected chi connectivity index (χ2v) is 6.78. The number of methoxy groups -OCH3 is 1. The fraction of sp³-hybridized carbons (Fsp3) is 0.286. The number of ether oxygens (including phenoxy) is 1. The summed E-state index contributed by atoms with van der Waals surface area (Å²) in [6.45, 7) is 1.20. The van der Waals surface area contributed by atoms with Crippen molar-refractivity contribution in [2.24, 2.45) is 0 Å². The maximum atomic E-state index is 13.9. The van der Waals surface area contributed by atoms with Gasteiger partial charge in [0.05, 0.1) is 13.0 Å². The Morgan fingerprint density at radius 2 is 2.07 bits per heavy atom. The molecule has 0 bridgehead atoms. The van der Waals surface area contributed by atoms with Crippen LogP contribution in [0, 0.1) is 5.82 Å². The highest BCUT2D eigenvalue weighted by Gasteiger charge is 2.34. The first kappa shape index (κ1) is 18.2. The van der Waals surface area contributed by atoms with Crippen LogP contribution in [0.1, 0.15) is 23.8 Å². The Morgan fingerprint density at radius 3 is 2.82 bits per heavy atom. The SMILES string of the molecule is COc1ccc(-c2noc(C3CC(=O)N(CCc4ccccc4)C3)n2)cc1F. The van der Waals surface area contributed by atoms with Crippen molar-refractivity contribution in [1.29, 1.82) is 0 Å². The van der Waals surface area contributed by atoms with Gasteiger partial charge in [-0.3, -0.25) is 4.79 Å². The second kappa shape index (κ2) is 7.80. The zero-order valence-electron chi connectivity index (χ0n) is 15.5. The predicted molar refractivity (Wildman–Crippen MR) is 100 cm³/mol. The van der Waals surface area contributed by atoms with Crippen LogP contribution >= 0.6 is 0 Å². The summed E-state index contributed by atoms with van der Waals surface area (Å²) >= 11 is 0. The molecular formula is C21H20FN3O3. The van der Waals surface area contributed by atoms with Gasteiger partial charge in [-0.2, -0.15) is 4.98 Å². The van der Waals surface area contributed by atoms with Crippen molar-refractivity contribution >= 4 is 5.91 Å². The van der Waals surface area contributed by atoms with E-state index in [2.05, 4.69) is 22.3 Å². The molecule has 1 unspecified atom stereocenters. The van der Waals surface area contributed by atoms with Gasteiger partial charge in [0.15, 0.2) is 11.6 Å². The molecule has 0 N–H and O–H groups in total. The van der Waals surface area contributed by atoms with Gasteiger partial charge in [-0.25, -0.2) is 4.39 Å². The highest BCUT2D eigenvalue weighted by molar-refractivity contribution is 5.79. The zero-order valence-corrected chi connectivity index (χ0v) is 15.5. The van der Waals surface area contributed by atoms with Crippen molar-refractivity contribution in [3.8, 4) is 17.1 Å². The third kappa shape index (κ3) is 3.74. The molecule has 0 aliphatic carbocycles. The molecule has 0 radical (unpaired) electrons. The van der Waals surface area contributed by atoms with Crippen molar-refractivity contribution in [2.45, 2.75) is 18.8 Å². The van der Waals surface area contributed by atoms with Gasteiger partial charge >= 0.3 is 0 Å². The number of hydrogen-bond donors (Lipinski definition) is 0. The topological polar surface area (TPSA) is 68.5 Å². The van der Waals surface area contributed by atoms with E-state index >= 15 is 0 Å². The van der Waals surface area contributed by atoms with Crippen LogP contribution in [0.2, 0.25) is 0 Å². The van der Waals surface area contributed by atoms with Crippen LogP contribution in [0.5, 0.6) is 5.75 Å². The smallest absolute Gasteiger partial charge is 0.232 e. The minimum Gasteiger partial charge on any atom is -0.494 e. The summed E-state index contributed by atoms with van der Waals surface area (Å²) in [7, 11) is 1.41. The van der Waals surface area contributed by atoms with Gasteiger partial charge in [0.1, 0.15) is 0 Å². The number of nitrogens with zero attached hydrogens (tertiary/aromatic N) is 3. The largest absolute Gasteiger partial charge is 0.494 e. The molecule has 144 valence electrons. The van der Waals surface area contributed by atoms with Gasteiger partial charge in [-0.05, 0) is 30.2 Å². The normalized spacial score (nSPS) is 16.6. The fourth-order valence-corrected chi connectivity index (χ4v) is 3.39. The zero-order chi connectivity index (χ0) is 19.5. The molecule has 1 amide bonds. The molecule has 7 heteroatoms. The minimum absolute atomic E-state index is 0.0798. The van der Waals surface area contributed by atoms with Gasteiger partial charge in [0.25, 0.3) is 0 Å². The number of halogens is 1. The van der Waals surface area contributed by atoms with E-state index in [1.165, 1.54) is 24.8 Å². The Morgan fingerprint density at radius 1 is 1.25 bits per heavy atom. The molecular weight excluding hydrogens is 361 g/mol. The van der Waals surface area contributed by atoms with Crippen molar-refractivity contribution in [2.75, 3.05) is 20.2 Å². The highest BCUT2D eigenvalue weighted by Crippen LogP contribution is 2.30. The predicted octanol–water partition coefficient (Wildman–Crippen LogP) is 3.44. The van der Waals surface area contributed by atoms with Crippen molar-refractivity contribution in [3.63, 3.8) is 0 Å². The van der Waals surface area contributed by atoms with Gasteiger partial charge in [0.2, 0.25) is 17.6 Å². The van der Waals surface area contributed by atoms with Crippen LogP contribution in [0.4, 0.5) is 4.39 Å². The number of benzene rings is 2. The molecule has 0 saturated carbocycles. The third-order valence-electron chi connectivity index (χ3n) is 4.93. The van der Waals surface area contributed by atoms with Gasteiger partial charge in [0, 0.05) is 25.1 Å². The molecule has 3 aromatic rings. The van der Waals surface area contributed by atoms with Gasteiger partial charge in [-0.1, -0.05) is 35.5 Å². The van der Waals surface area contributed by atoms with Crippen molar-refractivity contribution in [3.05, 3.63) is 65.8 Å². The van der Waals surface area contributed by atoms with Crippen LogP contribution in [-0.4, -0.2) is 41.1 Å². The van der Waals surface area contributed by atoms with E-state index in [9.17, 15) is 9.18 Å². The lowest BCUT2D eigenvalue weighted by Crippen LogP contribution is -2.27. The second-order valence-electron chi connectivity index (χ2n) is 6.78. The summed E-state index contributed by atoms with van der Waals surface area (Å²) < 4.78 is 24.2. The Kier molecular flexibility index (Phi) is 5.06. The first-order valence-electron chi connectivity index (χ1n) is 9.13. The molecule has 28 heavy (non-hydrogen) atoms. The Labute approximate surface area is 161 Å². The summed E-state index contributed by atoms with van der Waals surface area (Å²) in [5.74, 6) is 0.301. The summed E-state index contributed by atoms with van der Waals surface area (Å²) in [5.41, 5.74) is 1.69. The maximum absolute atomic E-state index is 13.9. The van der Waals surface area contributed by atoms with E-state index in [-0.39, 0.29) is 17.6 Å². The third-order valence-corrected chi connectivity index (χ3v) is 4.93. The average Bonchev–Trinajstić information content (AvgIpc) is 3.34. The number of carbonyl (C=O) groups excluding carboxylic acids is 1. The quantitative estimate of drug-likeness (QED) is 0.654. The molecule has 1 fully saturated rings. The van der Waals surface area contributed by atoms with E-state index in [1.54, 1.807) is 6.07 Å². The molecule has 6 nitrogen and oxygen atoms in total. The van der Waals surface area contributed by atoms with E-state index in [0.717, 1.165) is 6.42 Å². The van der Waals surface area contributed by atoms with Crippen LogP contribution in [-0.2, 0) is 11.2 Å². The Hall–Kier alpha value is -3.22. The first-order valence-corrected chi connectivity index (χ1v) is 9.13. The van der Waals surface area contributed by atoms with Crippen molar-refractivity contribution in [1.82, 2.24) is 15.0 Å². The molecule has 4 rings (SSSR count). The molecule has 1 aliphatic rings. The lowest BCUT2D eigenvalue weighted by Gasteiger charge is -2.15. The number of aromatic nitrogens is 2. The monoisotopic (exact) mass is 381 g/mol. The number of hydrogen-bond acceptors (Lipinski definition) is 5. The lowest BCUT2D eigenvalue weighted by molar-refractivity contribution is -0.127. The molecule has 1 atom stereocenters. The summed E-state index contributed by atoms with van der Waals surface area (Å²) in [6, 6.07) is 14.6. The van der Waals surface area contributed by atoms with Gasteiger partial charge in [-0.15, -0.1) is 0 Å². The number of carbonyl (C=O) groups is 1. The maximum Gasteiger partial charge on any atom is 0.232 e. The first-order chi connectivity index (χ1) is 13.6. The summed E-state index contributed by atoms with van der Waals surface area (Å²) in [4.78, 5) is 18.6. The molecule has 1 aliphatic heterocycles. The van der Waals surface area contributed by atoms with E-state index < -0.39 is 5.82 Å². The molecule has 1 saturated heterocycles. The summed E-state index contributed by atoms with van der Waals surface area (Å²) in [5, 5.41) is 3.95. The molecule has 2 heterocycles. The molecule has 2 aromatic carbocycles. The standard InChI is InChI=1S/C21H20FN3O3/c1-27-18-8-7-15(11-17(18)22)20-23-21(28-24-20)16-12-19(26)25(13-16)10-9-14-5-3-2-4-6-14/h2-8,11,16H,9-10,12-13H2,1H3. The number of amides is 1. The summed E-state index contributed by atoms with van der Waals surface area (Å²) in [6.07, 6.45) is 1.15. The van der Waals surface area contributed by atoms with Crippen LogP contribution in [0.15, 0.2) is 53.1 Å². The van der Waals surface area contributed by atoms with Crippen LogP contribution in [0.25, 0.3) is 11.4 Å². The Bertz CT molecular complexity index is 974. The van der Waals surface area contributed by atoms with Gasteiger partial charge < -0.3 is 14.2 Å². The molecule has 0 spiro atoms. The lowest BCUT2D eigenvalue weighted by atomic mass is 10.1. The van der Waals surface area contributed by atoms with E-state index in [4.69, 9.17) is 9.26 Å². The Balaban J connectivity index is 1.43. The molecule has 1 aromatic heterocycles. The van der Waals surface area contributed by atoms with Crippen LogP contribution in [0.3, 0.4) is 0 Å². The average molecular weight is 381 g/mol. The minimum atomic E-state index is -0.491. The van der Waals surface area contributed by atoms with Crippen LogP contribution < -0.4 is 4.74 Å². The van der Waals surface area contributed by atoms with E-state index in [0.29, 0.717) is 36.8 Å². The van der Waals surface area contributed by atoms with E-state index in [1.807, 2.05) is 23.1 Å². The number of likely N-dealkylation sites (tertiary alicyclic amines) is 1. The highest BCUT2D eigenvalue weighted by atomic mass is 19.1. The number of rotatable bonds is 6.